The number of hydrogen-bond acceptors (Lipinski definition) is 4. The predicted octanol–water partition coefficient (Wildman–Crippen LogP) is -0.164. The standard InChI is InChI=1S/C17H23FN4O3/c1-13(23)19-6-7-20-16(24)12-21-8-10-22(11-9-21)17(25)14-2-4-15(18)5-3-14/h2-5H,6-12H2,1H3,(H,19,23)(H,20,24). The van der Waals surface area contributed by atoms with Crippen molar-refractivity contribution in [2.75, 3.05) is 45.8 Å². The summed E-state index contributed by atoms with van der Waals surface area (Å²) in [4.78, 5) is 38.6. The number of halogens is 1. The molecule has 0 radical (unpaired) electrons. The van der Waals surface area contributed by atoms with E-state index in [1.807, 2.05) is 4.90 Å². The lowest BCUT2D eigenvalue weighted by Crippen LogP contribution is -2.51. The summed E-state index contributed by atoms with van der Waals surface area (Å²) in [5.74, 6) is -0.731. The number of hydrogen-bond donors (Lipinski definition) is 2. The minimum atomic E-state index is -0.370. The number of carbonyl (C=O) groups is 3. The van der Waals surface area contributed by atoms with Crippen molar-refractivity contribution in [1.29, 1.82) is 0 Å². The number of nitrogens with zero attached hydrogens (tertiary/aromatic N) is 2. The molecule has 0 spiro atoms. The van der Waals surface area contributed by atoms with Crippen molar-refractivity contribution in [3.05, 3.63) is 35.6 Å². The zero-order chi connectivity index (χ0) is 18.2. The number of carbonyl (C=O) groups excluding carboxylic acids is 3. The van der Waals surface area contributed by atoms with E-state index < -0.39 is 0 Å². The summed E-state index contributed by atoms with van der Waals surface area (Å²) in [6, 6.07) is 5.50. The van der Waals surface area contributed by atoms with Crippen molar-refractivity contribution in [2.45, 2.75) is 6.92 Å². The fraction of sp³-hybridized carbons (Fsp3) is 0.471. The normalized spacial score (nSPS) is 14.9. The highest BCUT2D eigenvalue weighted by molar-refractivity contribution is 5.94. The van der Waals surface area contributed by atoms with Gasteiger partial charge in [-0.05, 0) is 24.3 Å². The molecule has 0 unspecified atom stereocenters. The Bertz CT molecular complexity index is 613. The average Bonchev–Trinajstić information content (AvgIpc) is 2.59. The Kier molecular flexibility index (Phi) is 6.88. The maximum Gasteiger partial charge on any atom is 0.253 e. The molecule has 3 amide bonds. The van der Waals surface area contributed by atoms with Crippen LogP contribution in [0.5, 0.6) is 0 Å². The maximum atomic E-state index is 12.9. The number of piperazine rings is 1. The van der Waals surface area contributed by atoms with Gasteiger partial charge in [0.15, 0.2) is 0 Å². The summed E-state index contributed by atoms with van der Waals surface area (Å²) in [7, 11) is 0. The van der Waals surface area contributed by atoms with Crippen LogP contribution in [0.3, 0.4) is 0 Å². The molecule has 1 saturated heterocycles. The zero-order valence-corrected chi connectivity index (χ0v) is 14.3. The molecule has 0 aliphatic carbocycles. The molecule has 1 heterocycles. The van der Waals surface area contributed by atoms with E-state index in [-0.39, 0.29) is 30.1 Å². The molecule has 1 aliphatic rings. The van der Waals surface area contributed by atoms with E-state index in [1.54, 1.807) is 4.90 Å². The van der Waals surface area contributed by atoms with Crippen LogP contribution in [0.15, 0.2) is 24.3 Å². The minimum Gasteiger partial charge on any atom is -0.355 e. The summed E-state index contributed by atoms with van der Waals surface area (Å²) >= 11 is 0. The van der Waals surface area contributed by atoms with E-state index in [0.717, 1.165) is 0 Å². The quantitative estimate of drug-likeness (QED) is 0.699. The van der Waals surface area contributed by atoms with Crippen LogP contribution in [-0.2, 0) is 9.59 Å². The van der Waals surface area contributed by atoms with Gasteiger partial charge in [-0.15, -0.1) is 0 Å². The molecule has 2 rings (SSSR count). The molecule has 25 heavy (non-hydrogen) atoms. The van der Waals surface area contributed by atoms with Crippen molar-refractivity contribution >= 4 is 17.7 Å². The molecule has 2 N–H and O–H groups in total. The van der Waals surface area contributed by atoms with Crippen LogP contribution in [0.1, 0.15) is 17.3 Å². The largest absolute Gasteiger partial charge is 0.355 e. The molecule has 1 aromatic rings. The van der Waals surface area contributed by atoms with E-state index in [0.29, 0.717) is 44.8 Å². The van der Waals surface area contributed by atoms with Crippen LogP contribution >= 0.6 is 0 Å². The van der Waals surface area contributed by atoms with Crippen molar-refractivity contribution in [3.8, 4) is 0 Å². The fourth-order valence-corrected chi connectivity index (χ4v) is 2.58. The molecule has 1 aliphatic heterocycles. The summed E-state index contributed by atoms with van der Waals surface area (Å²) in [5.41, 5.74) is 0.463. The first-order valence-corrected chi connectivity index (χ1v) is 8.24. The van der Waals surface area contributed by atoms with E-state index in [1.165, 1.54) is 31.2 Å². The van der Waals surface area contributed by atoms with Gasteiger partial charge in [0.05, 0.1) is 6.54 Å². The van der Waals surface area contributed by atoms with Crippen LogP contribution in [-0.4, -0.2) is 73.3 Å². The van der Waals surface area contributed by atoms with E-state index >= 15 is 0 Å². The Labute approximate surface area is 146 Å². The van der Waals surface area contributed by atoms with Crippen LogP contribution in [0.25, 0.3) is 0 Å². The van der Waals surface area contributed by atoms with Gasteiger partial charge in [-0.25, -0.2) is 4.39 Å². The first kappa shape index (κ1) is 18.9. The first-order valence-electron chi connectivity index (χ1n) is 8.24. The van der Waals surface area contributed by atoms with E-state index in [4.69, 9.17) is 0 Å². The third-order valence-corrected chi connectivity index (χ3v) is 3.94. The van der Waals surface area contributed by atoms with Gasteiger partial charge in [-0.1, -0.05) is 0 Å². The first-order chi connectivity index (χ1) is 12.0. The molecule has 1 aromatic carbocycles. The van der Waals surface area contributed by atoms with Gasteiger partial charge in [-0.3, -0.25) is 19.3 Å². The molecule has 136 valence electrons. The molecule has 1 fully saturated rings. The highest BCUT2D eigenvalue weighted by Gasteiger charge is 2.23. The highest BCUT2D eigenvalue weighted by Crippen LogP contribution is 2.09. The Morgan fingerprint density at radius 3 is 2.20 bits per heavy atom. The molecule has 0 aromatic heterocycles. The molecule has 0 atom stereocenters. The Morgan fingerprint density at radius 1 is 1.00 bits per heavy atom. The van der Waals surface area contributed by atoms with Gasteiger partial charge >= 0.3 is 0 Å². The van der Waals surface area contributed by atoms with Crippen LogP contribution in [0.4, 0.5) is 4.39 Å². The molecular formula is C17H23FN4O3. The average molecular weight is 350 g/mol. The lowest BCUT2D eigenvalue weighted by atomic mass is 10.2. The third kappa shape index (κ3) is 6.15. The summed E-state index contributed by atoms with van der Waals surface area (Å²) in [6.45, 7) is 4.73. The van der Waals surface area contributed by atoms with Gasteiger partial charge in [0.25, 0.3) is 5.91 Å². The lowest BCUT2D eigenvalue weighted by Gasteiger charge is -2.34. The van der Waals surface area contributed by atoms with Crippen molar-refractivity contribution < 1.29 is 18.8 Å². The SMILES string of the molecule is CC(=O)NCCNC(=O)CN1CCN(C(=O)c2ccc(F)cc2)CC1. The zero-order valence-electron chi connectivity index (χ0n) is 14.3. The Morgan fingerprint density at radius 2 is 1.60 bits per heavy atom. The van der Waals surface area contributed by atoms with Crippen LogP contribution < -0.4 is 10.6 Å². The van der Waals surface area contributed by atoms with Crippen LogP contribution in [0.2, 0.25) is 0 Å². The summed E-state index contributed by atoms with van der Waals surface area (Å²) in [5, 5.41) is 5.35. The van der Waals surface area contributed by atoms with Crippen molar-refractivity contribution in [2.24, 2.45) is 0 Å². The lowest BCUT2D eigenvalue weighted by molar-refractivity contribution is -0.123. The molecule has 0 saturated carbocycles. The Balaban J connectivity index is 1.70. The Hall–Kier alpha value is -2.48. The van der Waals surface area contributed by atoms with E-state index in [2.05, 4.69) is 10.6 Å². The van der Waals surface area contributed by atoms with E-state index in [9.17, 15) is 18.8 Å². The second-order valence-electron chi connectivity index (χ2n) is 5.91. The number of amides is 3. The van der Waals surface area contributed by atoms with Crippen molar-refractivity contribution in [3.63, 3.8) is 0 Å². The summed E-state index contributed by atoms with van der Waals surface area (Å²) < 4.78 is 12.9. The molecular weight excluding hydrogens is 327 g/mol. The molecule has 7 nitrogen and oxygen atoms in total. The number of rotatable bonds is 6. The molecule has 8 heteroatoms. The van der Waals surface area contributed by atoms with Gasteiger partial charge < -0.3 is 15.5 Å². The monoisotopic (exact) mass is 350 g/mol. The topological polar surface area (TPSA) is 81.8 Å². The predicted molar refractivity (Wildman–Crippen MR) is 90.4 cm³/mol. The van der Waals surface area contributed by atoms with Gasteiger partial charge in [0, 0.05) is 51.8 Å². The van der Waals surface area contributed by atoms with Gasteiger partial charge in [-0.2, -0.15) is 0 Å². The summed E-state index contributed by atoms with van der Waals surface area (Å²) in [6.07, 6.45) is 0. The minimum absolute atomic E-state index is 0.108. The highest BCUT2D eigenvalue weighted by atomic mass is 19.1. The fourth-order valence-electron chi connectivity index (χ4n) is 2.58. The van der Waals surface area contributed by atoms with Gasteiger partial charge in [0.1, 0.15) is 5.82 Å². The maximum absolute atomic E-state index is 12.9. The number of benzene rings is 1. The smallest absolute Gasteiger partial charge is 0.253 e. The van der Waals surface area contributed by atoms with Crippen LogP contribution in [0, 0.1) is 5.82 Å². The molecule has 0 bridgehead atoms. The second kappa shape index (κ2) is 9.12. The number of nitrogens with one attached hydrogen (secondary N) is 2. The third-order valence-electron chi connectivity index (χ3n) is 3.94. The van der Waals surface area contributed by atoms with Crippen molar-refractivity contribution in [1.82, 2.24) is 20.4 Å². The van der Waals surface area contributed by atoms with Gasteiger partial charge in [0.2, 0.25) is 11.8 Å². The second-order valence-corrected chi connectivity index (χ2v) is 5.91.